The molecule has 4 rings (SSSR count). The largest absolute Gasteiger partial charge is 0.497 e. The number of benzene rings is 2. The highest BCUT2D eigenvalue weighted by Crippen LogP contribution is 2.33. The Kier molecular flexibility index (Phi) is 3.81. The molecule has 0 fully saturated rings. The first-order valence-corrected chi connectivity index (χ1v) is 8.55. The maximum absolute atomic E-state index is 13.0. The smallest absolute Gasteiger partial charge is 0.171 e. The Morgan fingerprint density at radius 3 is 3.00 bits per heavy atom. The zero-order chi connectivity index (χ0) is 16.7. The molecular weight excluding hydrogens is 370 g/mol. The van der Waals surface area contributed by atoms with Crippen LogP contribution in [-0.2, 0) is 6.42 Å². The van der Waals surface area contributed by atoms with Gasteiger partial charge in [-0.3, -0.25) is 4.79 Å². The molecule has 0 aliphatic carbocycles. The number of ketones is 1. The van der Waals surface area contributed by atoms with E-state index in [2.05, 4.69) is 20.9 Å². The molecular formula is C19H16BrNO3. The molecule has 0 saturated heterocycles. The minimum absolute atomic E-state index is 0.108. The van der Waals surface area contributed by atoms with Crippen molar-refractivity contribution in [1.82, 2.24) is 4.98 Å². The molecule has 1 N–H and O–H groups in total. The standard InChI is InChI=1S/C19H16BrNO3/c1-23-14-3-5-18-11(7-14)6-12(10-24-18)19(22)16-9-21-17-8-13(20)2-4-15(16)17/h2-5,7-9,12,21H,6,10H2,1H3/t12-/m0/s1. The van der Waals surface area contributed by atoms with Crippen LogP contribution >= 0.6 is 15.9 Å². The second-order valence-corrected chi connectivity index (χ2v) is 6.86. The Labute approximate surface area is 147 Å². The number of aromatic amines is 1. The van der Waals surface area contributed by atoms with Gasteiger partial charge in [-0.1, -0.05) is 22.0 Å². The first kappa shape index (κ1) is 15.3. The summed E-state index contributed by atoms with van der Waals surface area (Å²) in [5.41, 5.74) is 2.69. The lowest BCUT2D eigenvalue weighted by molar-refractivity contribution is 0.0856. The molecule has 1 aromatic heterocycles. The number of carbonyl (C=O) groups is 1. The van der Waals surface area contributed by atoms with Crippen LogP contribution in [0.2, 0.25) is 0 Å². The maximum Gasteiger partial charge on any atom is 0.171 e. The molecule has 0 amide bonds. The van der Waals surface area contributed by atoms with Crippen LogP contribution in [0.25, 0.3) is 10.9 Å². The third-order valence-corrected chi connectivity index (χ3v) is 4.95. The van der Waals surface area contributed by atoms with E-state index in [0.717, 1.165) is 38.0 Å². The summed E-state index contributed by atoms with van der Waals surface area (Å²) in [4.78, 5) is 16.2. The van der Waals surface area contributed by atoms with E-state index < -0.39 is 0 Å². The van der Waals surface area contributed by atoms with Crippen molar-refractivity contribution < 1.29 is 14.3 Å². The van der Waals surface area contributed by atoms with Crippen LogP contribution in [0, 0.1) is 5.92 Å². The van der Waals surface area contributed by atoms with Crippen molar-refractivity contribution in [3.05, 3.63) is 58.2 Å². The zero-order valence-corrected chi connectivity index (χ0v) is 14.7. The summed E-state index contributed by atoms with van der Waals surface area (Å²) >= 11 is 3.45. The number of hydrogen-bond donors (Lipinski definition) is 1. The highest BCUT2D eigenvalue weighted by atomic mass is 79.9. The van der Waals surface area contributed by atoms with Gasteiger partial charge in [-0.2, -0.15) is 0 Å². The lowest BCUT2D eigenvalue weighted by atomic mass is 9.89. The van der Waals surface area contributed by atoms with Crippen LogP contribution < -0.4 is 9.47 Å². The van der Waals surface area contributed by atoms with Crippen molar-refractivity contribution in [2.45, 2.75) is 6.42 Å². The predicted molar refractivity (Wildman–Crippen MR) is 96.0 cm³/mol. The van der Waals surface area contributed by atoms with Crippen molar-refractivity contribution in [3.8, 4) is 11.5 Å². The Hall–Kier alpha value is -2.27. The summed E-state index contributed by atoms with van der Waals surface area (Å²) in [5, 5.41) is 0.944. The molecule has 1 aliphatic heterocycles. The fourth-order valence-electron chi connectivity index (χ4n) is 3.19. The number of rotatable bonds is 3. The van der Waals surface area contributed by atoms with Gasteiger partial charge in [0.25, 0.3) is 0 Å². The van der Waals surface area contributed by atoms with E-state index in [1.807, 2.05) is 36.4 Å². The Bertz CT molecular complexity index is 932. The van der Waals surface area contributed by atoms with Gasteiger partial charge in [0.1, 0.15) is 11.5 Å². The molecule has 0 saturated carbocycles. The number of Topliss-reactive ketones (excluding diaryl/α,β-unsaturated/α-hetero) is 1. The number of ether oxygens (including phenoxy) is 2. The van der Waals surface area contributed by atoms with Crippen LogP contribution in [0.15, 0.2) is 47.1 Å². The number of carbonyl (C=O) groups excluding carboxylic acids is 1. The molecule has 3 aromatic rings. The van der Waals surface area contributed by atoms with E-state index in [1.165, 1.54) is 0 Å². The second kappa shape index (κ2) is 5.98. The molecule has 24 heavy (non-hydrogen) atoms. The third-order valence-electron chi connectivity index (χ3n) is 4.45. The summed E-state index contributed by atoms with van der Waals surface area (Å²) in [5.74, 6) is 1.54. The monoisotopic (exact) mass is 385 g/mol. The minimum Gasteiger partial charge on any atom is -0.497 e. The summed E-state index contributed by atoms with van der Waals surface area (Å²) in [6.45, 7) is 0.404. The quantitative estimate of drug-likeness (QED) is 0.680. The molecule has 2 heterocycles. The van der Waals surface area contributed by atoms with Gasteiger partial charge >= 0.3 is 0 Å². The van der Waals surface area contributed by atoms with Gasteiger partial charge in [-0.15, -0.1) is 0 Å². The van der Waals surface area contributed by atoms with Crippen LogP contribution in [0.5, 0.6) is 11.5 Å². The minimum atomic E-state index is -0.188. The van der Waals surface area contributed by atoms with Gasteiger partial charge in [0.05, 0.1) is 19.6 Å². The van der Waals surface area contributed by atoms with E-state index in [4.69, 9.17) is 9.47 Å². The lowest BCUT2D eigenvalue weighted by Crippen LogP contribution is -2.28. The number of H-pyrrole nitrogens is 1. The number of halogens is 1. The first-order chi connectivity index (χ1) is 11.7. The first-order valence-electron chi connectivity index (χ1n) is 7.76. The van der Waals surface area contributed by atoms with Crippen molar-refractivity contribution in [2.24, 2.45) is 5.92 Å². The van der Waals surface area contributed by atoms with Crippen LogP contribution in [0.4, 0.5) is 0 Å². The SMILES string of the molecule is COc1ccc2c(c1)C[C@H](C(=O)c1c[nH]c3cc(Br)ccc13)CO2. The molecule has 0 bridgehead atoms. The molecule has 0 spiro atoms. The van der Waals surface area contributed by atoms with Crippen molar-refractivity contribution in [3.63, 3.8) is 0 Å². The van der Waals surface area contributed by atoms with Crippen molar-refractivity contribution in [1.29, 1.82) is 0 Å². The summed E-state index contributed by atoms with van der Waals surface area (Å²) < 4.78 is 12.0. The van der Waals surface area contributed by atoms with Crippen LogP contribution in [0.3, 0.4) is 0 Å². The Morgan fingerprint density at radius 2 is 2.17 bits per heavy atom. The van der Waals surface area contributed by atoms with E-state index in [1.54, 1.807) is 13.3 Å². The van der Waals surface area contributed by atoms with E-state index in [9.17, 15) is 4.79 Å². The van der Waals surface area contributed by atoms with E-state index in [0.29, 0.717) is 13.0 Å². The van der Waals surface area contributed by atoms with Gasteiger partial charge in [0.15, 0.2) is 5.78 Å². The molecule has 5 heteroatoms. The zero-order valence-electron chi connectivity index (χ0n) is 13.1. The normalized spacial score (nSPS) is 16.5. The second-order valence-electron chi connectivity index (χ2n) is 5.94. The van der Waals surface area contributed by atoms with E-state index >= 15 is 0 Å². The third kappa shape index (κ3) is 2.59. The molecule has 122 valence electrons. The predicted octanol–water partition coefficient (Wildman–Crippen LogP) is 4.37. The average molecular weight is 386 g/mol. The maximum atomic E-state index is 13.0. The van der Waals surface area contributed by atoms with Crippen LogP contribution in [-0.4, -0.2) is 24.5 Å². The molecule has 0 unspecified atom stereocenters. The van der Waals surface area contributed by atoms with Crippen molar-refractivity contribution in [2.75, 3.05) is 13.7 Å². The molecule has 1 atom stereocenters. The highest BCUT2D eigenvalue weighted by molar-refractivity contribution is 9.10. The Balaban J connectivity index is 1.65. The van der Waals surface area contributed by atoms with Gasteiger partial charge in [0.2, 0.25) is 0 Å². The topological polar surface area (TPSA) is 51.3 Å². The summed E-state index contributed by atoms with van der Waals surface area (Å²) in [7, 11) is 1.64. The number of hydrogen-bond acceptors (Lipinski definition) is 3. The molecule has 2 aromatic carbocycles. The molecule has 0 radical (unpaired) electrons. The summed E-state index contributed by atoms with van der Waals surface area (Å²) in [6.07, 6.45) is 2.45. The van der Waals surface area contributed by atoms with Gasteiger partial charge in [-0.25, -0.2) is 0 Å². The highest BCUT2D eigenvalue weighted by Gasteiger charge is 2.28. The van der Waals surface area contributed by atoms with Gasteiger partial charge in [0, 0.05) is 27.1 Å². The Morgan fingerprint density at radius 1 is 1.29 bits per heavy atom. The van der Waals surface area contributed by atoms with Gasteiger partial charge < -0.3 is 14.5 Å². The number of methoxy groups -OCH3 is 1. The number of nitrogens with one attached hydrogen (secondary N) is 1. The van der Waals surface area contributed by atoms with E-state index in [-0.39, 0.29) is 11.7 Å². The number of fused-ring (bicyclic) bond motifs is 2. The fourth-order valence-corrected chi connectivity index (χ4v) is 3.55. The molecule has 1 aliphatic rings. The van der Waals surface area contributed by atoms with Crippen molar-refractivity contribution >= 4 is 32.6 Å². The van der Waals surface area contributed by atoms with Gasteiger partial charge in [-0.05, 0) is 42.3 Å². The fraction of sp³-hybridized carbons (Fsp3) is 0.211. The number of aromatic nitrogens is 1. The van der Waals surface area contributed by atoms with Crippen LogP contribution in [0.1, 0.15) is 15.9 Å². The summed E-state index contributed by atoms with van der Waals surface area (Å²) in [6, 6.07) is 11.6. The average Bonchev–Trinajstić information content (AvgIpc) is 3.03. The molecule has 4 nitrogen and oxygen atoms in total. The lowest BCUT2D eigenvalue weighted by Gasteiger charge is -2.24.